The lowest BCUT2D eigenvalue weighted by Crippen LogP contribution is -2.51. The predicted molar refractivity (Wildman–Crippen MR) is 251 cm³/mol. The van der Waals surface area contributed by atoms with Crippen LogP contribution in [-0.2, 0) is 9.59 Å². The van der Waals surface area contributed by atoms with Crippen LogP contribution in [0.25, 0.3) is 21.8 Å². The molecule has 3 N–H and O–H groups in total. The Morgan fingerprint density at radius 2 is 1.09 bits per heavy atom. The lowest BCUT2D eigenvalue weighted by Gasteiger charge is -2.40. The highest BCUT2D eigenvalue weighted by Gasteiger charge is 2.46. The molecule has 368 valence electrons. The van der Waals surface area contributed by atoms with Crippen LogP contribution in [0.1, 0.15) is 68.9 Å². The number of anilines is 2. The third kappa shape index (κ3) is 14.4. The first kappa shape index (κ1) is 53.7. The van der Waals surface area contributed by atoms with Crippen LogP contribution in [0.5, 0.6) is 0 Å². The topological polar surface area (TPSA) is 167 Å². The molecule has 0 saturated carbocycles. The fourth-order valence-electron chi connectivity index (χ4n) is 9.91. The van der Waals surface area contributed by atoms with Crippen molar-refractivity contribution in [3.05, 3.63) is 72.1 Å². The van der Waals surface area contributed by atoms with E-state index in [0.717, 1.165) is 51.9 Å². The van der Waals surface area contributed by atoms with Gasteiger partial charge in [-0.3, -0.25) is 19.6 Å². The van der Waals surface area contributed by atoms with E-state index >= 15 is 0 Å². The number of fused-ring (bicyclic) bond motifs is 2. The number of carbonyl (C=O) groups excluding carboxylic acids is 1. The summed E-state index contributed by atoms with van der Waals surface area (Å²) in [7, 11) is 4.14. The number of carboxylic acid groups (broad SMARTS) is 1. The number of aromatic nitrogens is 2. The number of carbonyl (C=O) groups is 2. The minimum atomic E-state index is -4.32. The number of aliphatic carboxylic acids is 1. The zero-order valence-corrected chi connectivity index (χ0v) is 39.2. The van der Waals surface area contributed by atoms with Crippen molar-refractivity contribution in [1.82, 2.24) is 19.8 Å². The first-order valence-corrected chi connectivity index (χ1v) is 22.9. The maximum absolute atomic E-state index is 13.8. The van der Waals surface area contributed by atoms with E-state index in [1.165, 1.54) is 0 Å². The standard InChI is InChI=1S/C25H29F3N4O.C16H15F3N4.C8H15NO2.ClH/c1-31-9-6-17(7-10-31)12-21(33)13-18-11-20(25(26,27)28)16-32(15-18)23-5-4-19(14-29)24-22(23)3-2-8-30-24;17-16(18,19)11-6-12(21)9-23(8-11)14-4-3-10(7-20)15-13(14)2-1-5-22-15;1-9-4-2-7(3-5-9)6-8(10)11;/h2-5,8,17-18,20H,6-7,9-13,15-16H2,1H3;1-5,11-12H,6,8-9,21H2;7H,2-6H2,1H3,(H,10,11);1H. The Hall–Kier alpha value is -5.27. The molecule has 12 nitrogen and oxygen atoms in total. The normalized spacial score (nSPS) is 22.2. The van der Waals surface area contributed by atoms with Gasteiger partial charge in [-0.15, -0.1) is 12.4 Å². The summed E-state index contributed by atoms with van der Waals surface area (Å²) in [5.74, 6) is -3.12. The summed E-state index contributed by atoms with van der Waals surface area (Å²) in [6.45, 7) is 4.49. The Bertz CT molecular complexity index is 2410. The fraction of sp³-hybridized carbons (Fsp3) is 0.551. The Balaban J connectivity index is 0.000000213. The van der Waals surface area contributed by atoms with Crippen molar-refractivity contribution in [3.8, 4) is 12.1 Å². The highest BCUT2D eigenvalue weighted by Crippen LogP contribution is 2.41. The molecule has 2 aromatic carbocycles. The van der Waals surface area contributed by atoms with Crippen LogP contribution in [0.15, 0.2) is 60.9 Å². The number of hydrogen-bond donors (Lipinski definition) is 2. The molecule has 4 unspecified atom stereocenters. The number of pyridine rings is 2. The van der Waals surface area contributed by atoms with Gasteiger partial charge in [-0.25, -0.2) is 0 Å². The zero-order chi connectivity index (χ0) is 48.5. The molecule has 4 aliphatic heterocycles. The van der Waals surface area contributed by atoms with Crippen molar-refractivity contribution in [2.75, 3.05) is 76.3 Å². The summed E-state index contributed by atoms with van der Waals surface area (Å²) >= 11 is 0. The highest BCUT2D eigenvalue weighted by atomic mass is 35.5. The molecule has 4 aromatic rings. The monoisotopic (exact) mass is 971 g/mol. The van der Waals surface area contributed by atoms with Gasteiger partial charge in [0.05, 0.1) is 34.0 Å². The van der Waals surface area contributed by atoms with Crippen LogP contribution in [-0.4, -0.2) is 121 Å². The second kappa shape index (κ2) is 23.8. The van der Waals surface area contributed by atoms with Gasteiger partial charge in [0, 0.05) is 86.0 Å². The predicted octanol–water partition coefficient (Wildman–Crippen LogP) is 8.85. The van der Waals surface area contributed by atoms with E-state index in [2.05, 4.69) is 46.0 Å². The van der Waals surface area contributed by atoms with Crippen molar-refractivity contribution < 1.29 is 41.0 Å². The van der Waals surface area contributed by atoms with E-state index in [4.69, 9.17) is 16.1 Å². The van der Waals surface area contributed by atoms with E-state index in [9.17, 15) is 41.2 Å². The lowest BCUT2D eigenvalue weighted by atomic mass is 9.83. The fourth-order valence-corrected chi connectivity index (χ4v) is 9.91. The Morgan fingerprint density at radius 3 is 1.53 bits per heavy atom. The van der Waals surface area contributed by atoms with Crippen LogP contribution in [0.2, 0.25) is 0 Å². The number of nitrogens with two attached hydrogens (primary N) is 1. The smallest absolute Gasteiger partial charge is 0.393 e. The molecule has 4 aliphatic rings. The first-order valence-electron chi connectivity index (χ1n) is 22.9. The maximum Gasteiger partial charge on any atom is 0.393 e. The molecule has 68 heavy (non-hydrogen) atoms. The second-order valence-corrected chi connectivity index (χ2v) is 18.7. The third-order valence-corrected chi connectivity index (χ3v) is 13.5. The summed E-state index contributed by atoms with van der Waals surface area (Å²) < 4.78 is 80.7. The molecule has 2 aromatic heterocycles. The molecule has 4 atom stereocenters. The third-order valence-electron chi connectivity index (χ3n) is 13.5. The number of likely N-dealkylation sites (tertiary alicyclic amines) is 2. The average Bonchev–Trinajstić information content (AvgIpc) is 3.29. The number of benzene rings is 2. The van der Waals surface area contributed by atoms with E-state index in [0.29, 0.717) is 82.1 Å². The number of hydrogen-bond acceptors (Lipinski definition) is 11. The van der Waals surface area contributed by atoms with E-state index in [-0.39, 0.29) is 56.5 Å². The number of nitrogens with zero attached hydrogens (tertiary/aromatic N) is 8. The molecular formula is C49H60ClF6N9O3. The van der Waals surface area contributed by atoms with Gasteiger partial charge in [0.1, 0.15) is 17.9 Å². The van der Waals surface area contributed by atoms with Gasteiger partial charge in [-0.2, -0.15) is 36.9 Å². The minimum Gasteiger partial charge on any atom is -0.481 e. The van der Waals surface area contributed by atoms with Crippen LogP contribution in [0, 0.1) is 52.3 Å². The number of alkyl halides is 6. The number of halogens is 7. The van der Waals surface area contributed by atoms with Crippen LogP contribution < -0.4 is 15.5 Å². The minimum absolute atomic E-state index is 0. The summed E-state index contributed by atoms with van der Waals surface area (Å²) in [6, 6.07) is 17.2. The van der Waals surface area contributed by atoms with Gasteiger partial charge in [-0.05, 0) is 145 Å². The van der Waals surface area contributed by atoms with Crippen molar-refractivity contribution in [2.45, 2.75) is 76.2 Å². The van der Waals surface area contributed by atoms with Gasteiger partial charge in [0.2, 0.25) is 0 Å². The molecule has 0 radical (unpaired) electrons. The van der Waals surface area contributed by atoms with Crippen molar-refractivity contribution >= 4 is 57.3 Å². The molecular weight excluding hydrogens is 912 g/mol. The van der Waals surface area contributed by atoms with Gasteiger partial charge in [-0.1, -0.05) is 0 Å². The van der Waals surface area contributed by atoms with Crippen LogP contribution >= 0.6 is 12.4 Å². The molecule has 0 bridgehead atoms. The largest absolute Gasteiger partial charge is 0.481 e. The van der Waals surface area contributed by atoms with Gasteiger partial charge in [0.15, 0.2) is 0 Å². The van der Waals surface area contributed by atoms with Crippen LogP contribution in [0.4, 0.5) is 37.7 Å². The van der Waals surface area contributed by atoms with E-state index in [1.807, 2.05) is 0 Å². The number of carboxylic acids is 1. The number of nitriles is 2. The van der Waals surface area contributed by atoms with E-state index in [1.54, 1.807) is 70.7 Å². The number of rotatable bonds is 8. The average molecular weight is 973 g/mol. The summed E-state index contributed by atoms with van der Waals surface area (Å²) in [5, 5.41) is 28.4. The molecule has 4 fully saturated rings. The maximum atomic E-state index is 13.8. The molecule has 19 heteroatoms. The Morgan fingerprint density at radius 1 is 0.662 bits per heavy atom. The summed E-state index contributed by atoms with van der Waals surface area (Å²) in [6.07, 6.45) is -0.516. The summed E-state index contributed by atoms with van der Waals surface area (Å²) in [4.78, 5) is 39.5. The molecule has 8 rings (SSSR count). The number of piperidine rings is 4. The van der Waals surface area contributed by atoms with Crippen molar-refractivity contribution in [3.63, 3.8) is 0 Å². The van der Waals surface area contributed by atoms with Crippen molar-refractivity contribution in [1.29, 1.82) is 10.5 Å². The molecule has 4 saturated heterocycles. The van der Waals surface area contributed by atoms with Gasteiger partial charge < -0.3 is 30.4 Å². The number of Topliss-reactive ketones (excluding diaryl/α,β-unsaturated/α-hetero) is 1. The molecule has 0 aliphatic carbocycles. The quantitative estimate of drug-likeness (QED) is 0.161. The van der Waals surface area contributed by atoms with E-state index < -0.39 is 36.2 Å². The zero-order valence-electron chi connectivity index (χ0n) is 38.4. The SMILES string of the molecule is CN1CCC(CC(=O)CC2CC(C(F)(F)F)CN(c3ccc(C#N)c4ncccc34)C2)CC1.CN1CCC(CC(=O)O)CC1.Cl.N#Cc1ccc(N2CC(N)CC(C(F)(F)F)C2)c2cccnc12. The number of ketones is 1. The van der Waals surface area contributed by atoms with Crippen LogP contribution in [0.3, 0.4) is 0 Å². The Kier molecular flexibility index (Phi) is 18.8. The van der Waals surface area contributed by atoms with Gasteiger partial charge >= 0.3 is 18.3 Å². The first-order chi connectivity index (χ1) is 31.8. The molecule has 0 spiro atoms. The Labute approximate surface area is 399 Å². The van der Waals surface area contributed by atoms with Gasteiger partial charge in [0.25, 0.3) is 0 Å². The summed E-state index contributed by atoms with van der Waals surface area (Å²) in [5.41, 5.74) is 8.89. The van der Waals surface area contributed by atoms with Crippen molar-refractivity contribution in [2.24, 2.45) is 35.3 Å². The second-order valence-electron chi connectivity index (χ2n) is 18.7. The molecule has 0 amide bonds. The highest BCUT2D eigenvalue weighted by molar-refractivity contribution is 5.96. The lowest BCUT2D eigenvalue weighted by molar-refractivity contribution is -0.180. The molecule has 6 heterocycles.